The van der Waals surface area contributed by atoms with Crippen LogP contribution in [0.1, 0.15) is 10.4 Å². The molecule has 1 aromatic carbocycles. The first-order valence-electron chi connectivity index (χ1n) is 2.90. The summed E-state index contributed by atoms with van der Waals surface area (Å²) in [4.78, 5) is 14.8. The summed E-state index contributed by atoms with van der Waals surface area (Å²) < 4.78 is 0. The molecule has 0 aliphatic carbocycles. The fourth-order valence-electron chi connectivity index (χ4n) is 0.683. The lowest BCUT2D eigenvalue weighted by Gasteiger charge is -1.96. The number of halogens is 1. The smallest absolute Gasteiger partial charge is 0.356 e. The average molecular weight is 172 g/mol. The molecular formula is C7H6ClNO2. The molecule has 0 bridgehead atoms. The van der Waals surface area contributed by atoms with Gasteiger partial charge in [0, 0.05) is 5.02 Å². The zero-order valence-electron chi connectivity index (χ0n) is 5.58. The van der Waals surface area contributed by atoms with Gasteiger partial charge >= 0.3 is 5.97 Å². The average Bonchev–Trinajstić information content (AvgIpc) is 2.03. The number of benzene rings is 1. The second-order valence-electron chi connectivity index (χ2n) is 1.92. The van der Waals surface area contributed by atoms with Gasteiger partial charge in [-0.1, -0.05) is 17.7 Å². The van der Waals surface area contributed by atoms with Gasteiger partial charge in [0.1, 0.15) is 0 Å². The van der Waals surface area contributed by atoms with Crippen molar-refractivity contribution in [1.82, 2.24) is 0 Å². The fraction of sp³-hybridized carbons (Fsp3) is 0. The number of hydrogen-bond donors (Lipinski definition) is 1. The van der Waals surface area contributed by atoms with Gasteiger partial charge in [-0.25, -0.2) is 4.79 Å². The van der Waals surface area contributed by atoms with E-state index in [0.717, 1.165) is 0 Å². The lowest BCUT2D eigenvalue weighted by Crippen LogP contribution is -2.09. The molecule has 0 amide bonds. The molecule has 4 heteroatoms. The Balaban J connectivity index is 2.96. The minimum atomic E-state index is -0.590. The van der Waals surface area contributed by atoms with Gasteiger partial charge in [0.2, 0.25) is 0 Å². The SMILES string of the molecule is NOC(=O)c1cccc(Cl)c1. The predicted molar refractivity (Wildman–Crippen MR) is 41.1 cm³/mol. The fourth-order valence-corrected chi connectivity index (χ4v) is 0.874. The summed E-state index contributed by atoms with van der Waals surface area (Å²) in [5.41, 5.74) is 0.347. The highest BCUT2D eigenvalue weighted by molar-refractivity contribution is 6.30. The first-order valence-corrected chi connectivity index (χ1v) is 3.28. The summed E-state index contributed by atoms with van der Waals surface area (Å²) in [6.45, 7) is 0. The molecule has 0 saturated carbocycles. The summed E-state index contributed by atoms with van der Waals surface area (Å²) in [6.07, 6.45) is 0. The molecule has 0 saturated heterocycles. The van der Waals surface area contributed by atoms with Crippen molar-refractivity contribution >= 4 is 17.6 Å². The van der Waals surface area contributed by atoms with Crippen LogP contribution in [0, 0.1) is 0 Å². The van der Waals surface area contributed by atoms with E-state index in [1.807, 2.05) is 0 Å². The highest BCUT2D eigenvalue weighted by Gasteiger charge is 2.04. The number of nitrogens with two attached hydrogens (primary N) is 1. The zero-order chi connectivity index (χ0) is 8.27. The molecule has 0 heterocycles. The second kappa shape index (κ2) is 3.37. The predicted octanol–water partition coefficient (Wildman–Crippen LogP) is 1.37. The third-order valence-corrected chi connectivity index (χ3v) is 1.40. The summed E-state index contributed by atoms with van der Waals surface area (Å²) in [7, 11) is 0. The molecule has 0 aliphatic rings. The van der Waals surface area contributed by atoms with Crippen LogP contribution >= 0.6 is 11.6 Å². The minimum absolute atomic E-state index is 0.347. The van der Waals surface area contributed by atoms with Crippen molar-refractivity contribution in [2.75, 3.05) is 0 Å². The Morgan fingerprint density at radius 1 is 1.55 bits per heavy atom. The Bertz CT molecular complexity index is 275. The van der Waals surface area contributed by atoms with Gasteiger partial charge in [-0.15, -0.1) is 0 Å². The standard InChI is InChI=1S/C7H6ClNO2/c8-6-3-1-2-5(4-6)7(10)11-9/h1-4H,9H2. The third-order valence-electron chi connectivity index (χ3n) is 1.17. The van der Waals surface area contributed by atoms with E-state index in [1.165, 1.54) is 6.07 Å². The normalized spacial score (nSPS) is 9.27. The van der Waals surface area contributed by atoms with E-state index >= 15 is 0 Å². The van der Waals surface area contributed by atoms with Crippen LogP contribution in [0.2, 0.25) is 5.02 Å². The first kappa shape index (κ1) is 8.04. The molecule has 0 spiro atoms. The molecule has 0 fully saturated rings. The Kier molecular flexibility index (Phi) is 2.46. The monoisotopic (exact) mass is 171 g/mol. The molecule has 1 aromatic rings. The van der Waals surface area contributed by atoms with Gasteiger partial charge in [-0.2, -0.15) is 5.90 Å². The van der Waals surface area contributed by atoms with Crippen LogP contribution in [0.15, 0.2) is 24.3 Å². The van der Waals surface area contributed by atoms with Crippen molar-refractivity contribution in [1.29, 1.82) is 0 Å². The van der Waals surface area contributed by atoms with Gasteiger partial charge in [0.05, 0.1) is 5.56 Å². The Hall–Kier alpha value is -1.06. The van der Waals surface area contributed by atoms with Crippen molar-refractivity contribution in [3.63, 3.8) is 0 Å². The third kappa shape index (κ3) is 1.93. The van der Waals surface area contributed by atoms with E-state index in [0.29, 0.717) is 10.6 Å². The summed E-state index contributed by atoms with van der Waals surface area (Å²) in [5, 5.41) is 0.480. The maximum atomic E-state index is 10.8. The van der Waals surface area contributed by atoms with Gasteiger partial charge in [-0.05, 0) is 18.2 Å². The largest absolute Gasteiger partial charge is 0.370 e. The molecule has 1 rings (SSSR count). The van der Waals surface area contributed by atoms with Crippen LogP contribution in [0.3, 0.4) is 0 Å². The maximum absolute atomic E-state index is 10.8. The van der Waals surface area contributed by atoms with Crippen molar-refractivity contribution in [3.05, 3.63) is 34.9 Å². The van der Waals surface area contributed by atoms with Crippen LogP contribution in [-0.4, -0.2) is 5.97 Å². The van der Waals surface area contributed by atoms with E-state index in [9.17, 15) is 4.79 Å². The number of rotatable bonds is 1. The topological polar surface area (TPSA) is 52.3 Å². The van der Waals surface area contributed by atoms with Crippen LogP contribution in [-0.2, 0) is 4.84 Å². The highest BCUT2D eigenvalue weighted by Crippen LogP contribution is 2.10. The molecule has 0 aliphatic heterocycles. The highest BCUT2D eigenvalue weighted by atomic mass is 35.5. The van der Waals surface area contributed by atoms with Crippen molar-refractivity contribution in [2.45, 2.75) is 0 Å². The van der Waals surface area contributed by atoms with Crippen molar-refractivity contribution in [2.24, 2.45) is 5.90 Å². The number of carbonyl (C=O) groups is 1. The Morgan fingerprint density at radius 2 is 2.27 bits per heavy atom. The zero-order valence-corrected chi connectivity index (χ0v) is 6.34. The summed E-state index contributed by atoms with van der Waals surface area (Å²) in [5.74, 6) is 4.07. The van der Waals surface area contributed by atoms with Crippen LogP contribution in [0.25, 0.3) is 0 Å². The van der Waals surface area contributed by atoms with Gasteiger partial charge in [-0.3, -0.25) is 0 Å². The van der Waals surface area contributed by atoms with E-state index in [1.54, 1.807) is 18.2 Å². The minimum Gasteiger partial charge on any atom is -0.370 e. The molecule has 58 valence electrons. The summed E-state index contributed by atoms with van der Waals surface area (Å²) >= 11 is 5.60. The van der Waals surface area contributed by atoms with E-state index in [4.69, 9.17) is 11.6 Å². The molecule has 11 heavy (non-hydrogen) atoms. The van der Waals surface area contributed by atoms with Crippen molar-refractivity contribution < 1.29 is 9.63 Å². The molecule has 0 atom stereocenters. The van der Waals surface area contributed by atoms with E-state index in [2.05, 4.69) is 10.7 Å². The van der Waals surface area contributed by atoms with Gasteiger partial charge in [0.25, 0.3) is 0 Å². The molecule has 0 unspecified atom stereocenters. The molecule has 0 radical (unpaired) electrons. The molecular weight excluding hydrogens is 166 g/mol. The Morgan fingerprint density at radius 3 is 2.82 bits per heavy atom. The molecule has 3 nitrogen and oxygen atoms in total. The second-order valence-corrected chi connectivity index (χ2v) is 2.35. The lowest BCUT2D eigenvalue weighted by atomic mass is 10.2. The molecule has 0 aromatic heterocycles. The van der Waals surface area contributed by atoms with Crippen LogP contribution in [0.4, 0.5) is 0 Å². The summed E-state index contributed by atoms with van der Waals surface area (Å²) in [6, 6.07) is 6.36. The van der Waals surface area contributed by atoms with Crippen LogP contribution in [0.5, 0.6) is 0 Å². The van der Waals surface area contributed by atoms with Gasteiger partial charge in [0.15, 0.2) is 0 Å². The van der Waals surface area contributed by atoms with Crippen LogP contribution < -0.4 is 5.90 Å². The quantitative estimate of drug-likeness (QED) is 0.650. The first-order chi connectivity index (χ1) is 5.24. The lowest BCUT2D eigenvalue weighted by molar-refractivity contribution is 0.0503. The van der Waals surface area contributed by atoms with E-state index < -0.39 is 5.97 Å². The number of hydrogen-bond acceptors (Lipinski definition) is 3. The van der Waals surface area contributed by atoms with Crippen molar-refractivity contribution in [3.8, 4) is 0 Å². The van der Waals surface area contributed by atoms with Gasteiger partial charge < -0.3 is 4.84 Å². The number of carbonyl (C=O) groups excluding carboxylic acids is 1. The maximum Gasteiger partial charge on any atom is 0.356 e. The van der Waals surface area contributed by atoms with E-state index in [-0.39, 0.29) is 0 Å². The Labute approximate surface area is 68.7 Å². The molecule has 2 N–H and O–H groups in total.